The second-order valence-corrected chi connectivity index (χ2v) is 4.92. The van der Waals surface area contributed by atoms with Crippen molar-refractivity contribution in [3.05, 3.63) is 0 Å². The van der Waals surface area contributed by atoms with Crippen LogP contribution in [0.15, 0.2) is 0 Å². The topological polar surface area (TPSA) is 18.5 Å². The average molecular weight is 237 g/mol. The van der Waals surface area contributed by atoms with E-state index in [0.29, 0.717) is 0 Å². The lowest BCUT2D eigenvalue weighted by Crippen LogP contribution is -2.44. The minimum absolute atomic E-state index is 0.0247. The fourth-order valence-corrected chi connectivity index (χ4v) is 1.43. The van der Waals surface area contributed by atoms with Crippen molar-refractivity contribution in [2.24, 2.45) is 0 Å². The van der Waals surface area contributed by atoms with Crippen LogP contribution in [0.1, 0.15) is 34.6 Å². The zero-order valence-electron chi connectivity index (χ0n) is 8.77. The van der Waals surface area contributed by atoms with Crippen molar-refractivity contribution >= 4 is 24.1 Å². The van der Waals surface area contributed by atoms with E-state index in [1.54, 1.807) is 0 Å². The predicted molar refractivity (Wildman–Crippen MR) is 57.3 cm³/mol. The van der Waals surface area contributed by atoms with Gasteiger partial charge in [0, 0.05) is 5.50 Å². The van der Waals surface area contributed by atoms with Gasteiger partial charge in [-0.3, -0.25) is 0 Å². The number of hydrogen-bond acceptors (Lipinski definition) is 2. The van der Waals surface area contributed by atoms with Crippen LogP contribution in [0.2, 0.25) is 0 Å². The minimum Gasteiger partial charge on any atom is -0.376 e. The Morgan fingerprint density at radius 1 is 1.25 bits per heavy atom. The Kier molecular flexibility index (Phi) is 4.28. The standard InChI is InChI=1S/C8H18BBrO2/c1-6(11-10)7(2,3)12-8(4,5)9/h6H,9H2,1-5H3. The van der Waals surface area contributed by atoms with Crippen molar-refractivity contribution in [2.45, 2.75) is 51.8 Å². The molecule has 1 atom stereocenters. The maximum Gasteiger partial charge on any atom is 0.142 e. The highest BCUT2D eigenvalue weighted by Gasteiger charge is 2.31. The van der Waals surface area contributed by atoms with Crippen molar-refractivity contribution in [3.63, 3.8) is 0 Å². The molecule has 0 amide bonds. The molecule has 0 aliphatic rings. The summed E-state index contributed by atoms with van der Waals surface area (Å²) in [5, 5.41) is 0. The molecule has 2 nitrogen and oxygen atoms in total. The van der Waals surface area contributed by atoms with Gasteiger partial charge in [0.15, 0.2) is 0 Å². The molecule has 0 bridgehead atoms. The molecular weight excluding hydrogens is 219 g/mol. The van der Waals surface area contributed by atoms with Crippen molar-refractivity contribution in [2.75, 3.05) is 0 Å². The van der Waals surface area contributed by atoms with E-state index in [-0.39, 0.29) is 17.2 Å². The molecule has 0 radical (unpaired) electrons. The van der Waals surface area contributed by atoms with E-state index >= 15 is 0 Å². The van der Waals surface area contributed by atoms with Crippen LogP contribution in [0.3, 0.4) is 0 Å². The van der Waals surface area contributed by atoms with Gasteiger partial charge in [0.05, 0.1) is 28.0 Å². The molecule has 0 aromatic rings. The zero-order chi connectivity index (χ0) is 9.99. The van der Waals surface area contributed by atoms with Crippen LogP contribution in [0.5, 0.6) is 0 Å². The maximum absolute atomic E-state index is 5.82. The first kappa shape index (κ1) is 12.5. The summed E-state index contributed by atoms with van der Waals surface area (Å²) in [7, 11) is 2.04. The van der Waals surface area contributed by atoms with E-state index in [1.165, 1.54) is 0 Å². The molecule has 0 heterocycles. The van der Waals surface area contributed by atoms with Gasteiger partial charge in [-0.1, -0.05) is 0 Å². The monoisotopic (exact) mass is 236 g/mol. The highest BCUT2D eigenvalue weighted by atomic mass is 79.9. The van der Waals surface area contributed by atoms with Crippen LogP contribution < -0.4 is 0 Å². The molecule has 0 saturated carbocycles. The number of halogens is 1. The first-order valence-electron chi connectivity index (χ1n) is 4.16. The van der Waals surface area contributed by atoms with Crippen LogP contribution in [0, 0.1) is 0 Å². The molecule has 0 aromatic carbocycles. The molecule has 4 heteroatoms. The molecule has 0 saturated heterocycles. The second-order valence-electron chi connectivity index (χ2n) is 4.55. The smallest absolute Gasteiger partial charge is 0.142 e. The Balaban J connectivity index is 4.22. The van der Waals surface area contributed by atoms with Crippen molar-refractivity contribution in [3.8, 4) is 0 Å². The summed E-state index contributed by atoms with van der Waals surface area (Å²) in [6.45, 7) is 10.1. The first-order chi connectivity index (χ1) is 5.19. The molecule has 0 N–H and O–H groups in total. The third kappa shape index (κ3) is 4.48. The van der Waals surface area contributed by atoms with Crippen LogP contribution in [-0.4, -0.2) is 25.1 Å². The maximum atomic E-state index is 5.82. The summed E-state index contributed by atoms with van der Waals surface area (Å²) in [4.78, 5) is 0. The van der Waals surface area contributed by atoms with Gasteiger partial charge in [0.25, 0.3) is 0 Å². The van der Waals surface area contributed by atoms with Crippen molar-refractivity contribution < 1.29 is 8.57 Å². The Morgan fingerprint density at radius 3 is 1.92 bits per heavy atom. The fraction of sp³-hybridized carbons (Fsp3) is 1.00. The largest absolute Gasteiger partial charge is 0.376 e. The molecule has 0 aromatic heterocycles. The first-order valence-corrected chi connectivity index (χ1v) is 4.81. The van der Waals surface area contributed by atoms with Crippen molar-refractivity contribution in [1.82, 2.24) is 0 Å². The van der Waals surface area contributed by atoms with E-state index in [1.807, 2.05) is 42.5 Å². The van der Waals surface area contributed by atoms with E-state index in [0.717, 1.165) is 0 Å². The van der Waals surface area contributed by atoms with Gasteiger partial charge in [-0.15, -0.1) is 0 Å². The van der Waals surface area contributed by atoms with Gasteiger partial charge >= 0.3 is 0 Å². The summed E-state index contributed by atoms with van der Waals surface area (Å²) in [5.74, 6) is 0. The molecule has 72 valence electrons. The molecule has 0 aliphatic heterocycles. The molecule has 0 aliphatic carbocycles. The SMILES string of the molecule is BC(C)(C)OC(C)(C)C(C)OBr. The van der Waals surface area contributed by atoms with Gasteiger partial charge in [0.1, 0.15) is 7.85 Å². The van der Waals surface area contributed by atoms with Crippen LogP contribution in [-0.2, 0) is 8.57 Å². The van der Waals surface area contributed by atoms with E-state index in [9.17, 15) is 0 Å². The Hall–Kier alpha value is 0.465. The number of hydrogen-bond donors (Lipinski definition) is 0. The number of ether oxygens (including phenoxy) is 1. The predicted octanol–water partition coefficient (Wildman–Crippen LogP) is 1.87. The Bertz CT molecular complexity index is 142. The van der Waals surface area contributed by atoms with Gasteiger partial charge < -0.3 is 8.57 Å². The fourth-order valence-electron chi connectivity index (χ4n) is 0.979. The van der Waals surface area contributed by atoms with E-state index in [4.69, 9.17) is 8.57 Å². The zero-order valence-corrected chi connectivity index (χ0v) is 10.4. The minimum atomic E-state index is -0.276. The number of rotatable bonds is 4. The lowest BCUT2D eigenvalue weighted by molar-refractivity contribution is -0.122. The molecule has 0 rings (SSSR count). The van der Waals surface area contributed by atoms with Gasteiger partial charge in [0.2, 0.25) is 0 Å². The summed E-state index contributed by atoms with van der Waals surface area (Å²) < 4.78 is 10.9. The van der Waals surface area contributed by atoms with E-state index in [2.05, 4.69) is 16.3 Å². The summed E-state index contributed by atoms with van der Waals surface area (Å²) in [6.07, 6.45) is 0.0247. The van der Waals surface area contributed by atoms with Gasteiger partial charge in [-0.2, -0.15) is 0 Å². The quantitative estimate of drug-likeness (QED) is 0.694. The summed E-state index contributed by atoms with van der Waals surface area (Å²) >= 11 is 2.98. The van der Waals surface area contributed by atoms with Crippen LogP contribution >= 0.6 is 16.3 Å². The van der Waals surface area contributed by atoms with Gasteiger partial charge in [-0.05, 0) is 34.6 Å². The summed E-state index contributed by atoms with van der Waals surface area (Å²) in [5.41, 5.74) is -0.412. The van der Waals surface area contributed by atoms with Crippen LogP contribution in [0.4, 0.5) is 0 Å². The molecule has 12 heavy (non-hydrogen) atoms. The average Bonchev–Trinajstić information content (AvgIpc) is 1.80. The molecule has 1 unspecified atom stereocenters. The van der Waals surface area contributed by atoms with E-state index < -0.39 is 0 Å². The highest BCUT2D eigenvalue weighted by Crippen LogP contribution is 2.24. The Morgan fingerprint density at radius 2 is 1.67 bits per heavy atom. The van der Waals surface area contributed by atoms with Crippen molar-refractivity contribution in [1.29, 1.82) is 0 Å². The second kappa shape index (κ2) is 4.12. The molecule has 0 fully saturated rings. The lowest BCUT2D eigenvalue weighted by atomic mass is 9.84. The van der Waals surface area contributed by atoms with Crippen LogP contribution in [0.25, 0.3) is 0 Å². The molecular formula is C8H18BBrO2. The Labute approximate surface area is 84.9 Å². The summed E-state index contributed by atoms with van der Waals surface area (Å²) in [6, 6.07) is 0. The normalized spacial score (nSPS) is 16.2. The third-order valence-corrected chi connectivity index (χ3v) is 2.24. The lowest BCUT2D eigenvalue weighted by Gasteiger charge is -2.36. The highest BCUT2D eigenvalue weighted by molar-refractivity contribution is 9.06. The third-order valence-electron chi connectivity index (χ3n) is 1.68. The molecule has 0 spiro atoms. The van der Waals surface area contributed by atoms with Gasteiger partial charge in [-0.25, -0.2) is 0 Å².